The molecule has 2 aromatic rings. The molecule has 0 aliphatic heterocycles. The molecule has 0 spiro atoms. The topological polar surface area (TPSA) is 84.5 Å². The lowest BCUT2D eigenvalue weighted by Crippen LogP contribution is -2.31. The van der Waals surface area contributed by atoms with Crippen molar-refractivity contribution in [1.29, 1.82) is 0 Å². The van der Waals surface area contributed by atoms with Crippen molar-refractivity contribution in [3.63, 3.8) is 0 Å². The molecule has 2 amide bonds. The molecule has 2 N–H and O–H groups in total. The Balaban J connectivity index is 1.82. The molecule has 0 radical (unpaired) electrons. The molecular weight excluding hydrogens is 399 g/mol. The van der Waals surface area contributed by atoms with Gasteiger partial charge in [-0.1, -0.05) is 23.7 Å². The highest BCUT2D eigenvalue weighted by molar-refractivity contribution is 6.30. The molecule has 0 aliphatic rings. The summed E-state index contributed by atoms with van der Waals surface area (Å²) < 4.78 is 17.8. The van der Waals surface area contributed by atoms with Crippen LogP contribution in [0.25, 0.3) is 0 Å². The van der Waals surface area contributed by atoms with Gasteiger partial charge in [0.1, 0.15) is 5.82 Å². The Morgan fingerprint density at radius 2 is 1.72 bits per heavy atom. The van der Waals surface area contributed by atoms with Gasteiger partial charge in [0.25, 0.3) is 5.91 Å². The summed E-state index contributed by atoms with van der Waals surface area (Å²) in [5.41, 5.74) is 1.08. The van der Waals surface area contributed by atoms with E-state index in [0.717, 1.165) is 0 Å². The van der Waals surface area contributed by atoms with Crippen molar-refractivity contribution < 1.29 is 23.5 Å². The minimum atomic E-state index is -0.626. The molecule has 0 saturated heterocycles. The first-order chi connectivity index (χ1) is 13.9. The van der Waals surface area contributed by atoms with Crippen molar-refractivity contribution in [1.82, 2.24) is 10.6 Å². The molecule has 6 nitrogen and oxygen atoms in total. The zero-order valence-electron chi connectivity index (χ0n) is 15.9. The molecule has 0 heterocycles. The predicted molar refractivity (Wildman–Crippen MR) is 107 cm³/mol. The molecule has 0 bridgehead atoms. The molecule has 154 valence electrons. The number of carbonyl (C=O) groups excluding carboxylic acids is 3. The van der Waals surface area contributed by atoms with Crippen LogP contribution in [0.1, 0.15) is 41.2 Å². The molecule has 2 aromatic carbocycles. The van der Waals surface area contributed by atoms with E-state index < -0.39 is 17.8 Å². The summed E-state index contributed by atoms with van der Waals surface area (Å²) in [6, 6.07) is 11.4. The molecule has 1 atom stereocenters. The SMILES string of the molecule is COC(=O)CC(NC(=O)CCCNC(=O)c1ccc(Cl)cc1)c1ccc(F)cc1. The Morgan fingerprint density at radius 3 is 2.34 bits per heavy atom. The van der Waals surface area contributed by atoms with Crippen LogP contribution in [0.15, 0.2) is 48.5 Å². The number of hydrogen-bond donors (Lipinski definition) is 2. The zero-order valence-corrected chi connectivity index (χ0v) is 16.7. The van der Waals surface area contributed by atoms with Crippen LogP contribution in [-0.2, 0) is 14.3 Å². The van der Waals surface area contributed by atoms with Crippen LogP contribution in [-0.4, -0.2) is 31.4 Å². The molecule has 0 fully saturated rings. The Hall–Kier alpha value is -2.93. The number of esters is 1. The zero-order chi connectivity index (χ0) is 21.2. The average molecular weight is 421 g/mol. The van der Waals surface area contributed by atoms with Crippen molar-refractivity contribution in [3.8, 4) is 0 Å². The number of methoxy groups -OCH3 is 1. The second-order valence-corrected chi connectivity index (χ2v) is 6.75. The van der Waals surface area contributed by atoms with Gasteiger partial charge < -0.3 is 15.4 Å². The number of hydrogen-bond acceptors (Lipinski definition) is 4. The summed E-state index contributed by atoms with van der Waals surface area (Å²) in [5.74, 6) is -1.44. The van der Waals surface area contributed by atoms with Crippen LogP contribution < -0.4 is 10.6 Å². The smallest absolute Gasteiger partial charge is 0.307 e. The van der Waals surface area contributed by atoms with E-state index in [2.05, 4.69) is 15.4 Å². The quantitative estimate of drug-likeness (QED) is 0.481. The third kappa shape index (κ3) is 7.54. The van der Waals surface area contributed by atoms with Crippen LogP contribution in [0.2, 0.25) is 5.02 Å². The lowest BCUT2D eigenvalue weighted by atomic mass is 10.0. The van der Waals surface area contributed by atoms with Crippen LogP contribution in [0.5, 0.6) is 0 Å². The normalized spacial score (nSPS) is 11.4. The summed E-state index contributed by atoms with van der Waals surface area (Å²) in [7, 11) is 1.26. The maximum absolute atomic E-state index is 13.1. The third-order valence-electron chi connectivity index (χ3n) is 4.18. The van der Waals surface area contributed by atoms with E-state index in [1.807, 2.05) is 0 Å². The molecule has 8 heteroatoms. The number of halogens is 2. The monoisotopic (exact) mass is 420 g/mol. The van der Waals surface area contributed by atoms with Crippen molar-refractivity contribution in [2.45, 2.75) is 25.3 Å². The van der Waals surface area contributed by atoms with E-state index in [4.69, 9.17) is 11.6 Å². The predicted octanol–water partition coefficient (Wildman–Crippen LogP) is 3.41. The maximum atomic E-state index is 13.1. The van der Waals surface area contributed by atoms with Crippen LogP contribution in [0.4, 0.5) is 4.39 Å². The van der Waals surface area contributed by atoms with Crippen LogP contribution >= 0.6 is 11.6 Å². The standard InChI is InChI=1S/C21H22ClFN2O4/c1-29-20(27)13-18(14-6-10-17(23)11-7-14)25-19(26)3-2-12-24-21(28)15-4-8-16(22)9-5-15/h4-11,18H,2-3,12-13H2,1H3,(H,24,28)(H,25,26). The maximum Gasteiger partial charge on any atom is 0.307 e. The fourth-order valence-electron chi connectivity index (χ4n) is 2.62. The van der Waals surface area contributed by atoms with E-state index in [0.29, 0.717) is 29.1 Å². The number of ether oxygens (including phenoxy) is 1. The molecule has 1 unspecified atom stereocenters. The Kier molecular flexibility index (Phi) is 8.61. The van der Waals surface area contributed by atoms with Gasteiger partial charge in [-0.05, 0) is 48.4 Å². The largest absolute Gasteiger partial charge is 0.469 e. The van der Waals surface area contributed by atoms with Crippen molar-refractivity contribution in [2.75, 3.05) is 13.7 Å². The first-order valence-electron chi connectivity index (χ1n) is 9.04. The molecule has 29 heavy (non-hydrogen) atoms. The summed E-state index contributed by atoms with van der Waals surface area (Å²) in [5, 5.41) is 6.03. The van der Waals surface area contributed by atoms with Gasteiger partial charge in [-0.2, -0.15) is 0 Å². The van der Waals surface area contributed by atoms with E-state index in [-0.39, 0.29) is 24.7 Å². The second kappa shape index (κ2) is 11.2. The summed E-state index contributed by atoms with van der Waals surface area (Å²) in [4.78, 5) is 35.9. The van der Waals surface area contributed by atoms with Gasteiger partial charge >= 0.3 is 5.97 Å². The Morgan fingerprint density at radius 1 is 1.07 bits per heavy atom. The average Bonchev–Trinajstić information content (AvgIpc) is 2.71. The van der Waals surface area contributed by atoms with Gasteiger partial charge in [-0.25, -0.2) is 4.39 Å². The molecule has 0 saturated carbocycles. The van der Waals surface area contributed by atoms with E-state index in [1.165, 1.54) is 31.4 Å². The third-order valence-corrected chi connectivity index (χ3v) is 4.43. The van der Waals surface area contributed by atoms with Gasteiger partial charge in [0.2, 0.25) is 5.91 Å². The van der Waals surface area contributed by atoms with Gasteiger partial charge in [-0.3, -0.25) is 14.4 Å². The lowest BCUT2D eigenvalue weighted by Gasteiger charge is -2.18. The fraction of sp³-hybridized carbons (Fsp3) is 0.286. The van der Waals surface area contributed by atoms with Crippen molar-refractivity contribution in [3.05, 3.63) is 70.5 Å². The molecular formula is C21H22ClFN2O4. The first kappa shape index (κ1) is 22.4. The highest BCUT2D eigenvalue weighted by atomic mass is 35.5. The minimum absolute atomic E-state index is 0.0683. The van der Waals surface area contributed by atoms with Gasteiger partial charge in [-0.15, -0.1) is 0 Å². The fourth-order valence-corrected chi connectivity index (χ4v) is 2.74. The highest BCUT2D eigenvalue weighted by Gasteiger charge is 2.19. The van der Waals surface area contributed by atoms with Gasteiger partial charge in [0.15, 0.2) is 0 Å². The highest BCUT2D eigenvalue weighted by Crippen LogP contribution is 2.18. The van der Waals surface area contributed by atoms with Crippen molar-refractivity contribution >= 4 is 29.4 Å². The first-order valence-corrected chi connectivity index (χ1v) is 9.42. The Labute approximate surface area is 173 Å². The van der Waals surface area contributed by atoms with Gasteiger partial charge in [0, 0.05) is 23.6 Å². The second-order valence-electron chi connectivity index (χ2n) is 6.32. The Bertz CT molecular complexity index is 841. The summed E-state index contributed by atoms with van der Waals surface area (Å²) >= 11 is 5.79. The number of rotatable bonds is 9. The number of nitrogens with one attached hydrogen (secondary N) is 2. The summed E-state index contributed by atoms with van der Waals surface area (Å²) in [6.45, 7) is 0.313. The van der Waals surface area contributed by atoms with E-state index >= 15 is 0 Å². The van der Waals surface area contributed by atoms with E-state index in [1.54, 1.807) is 24.3 Å². The van der Waals surface area contributed by atoms with Crippen LogP contribution in [0, 0.1) is 5.82 Å². The molecule has 2 rings (SSSR count). The van der Waals surface area contributed by atoms with E-state index in [9.17, 15) is 18.8 Å². The lowest BCUT2D eigenvalue weighted by molar-refractivity contribution is -0.141. The van der Waals surface area contributed by atoms with Gasteiger partial charge in [0.05, 0.1) is 19.6 Å². The van der Waals surface area contributed by atoms with Crippen molar-refractivity contribution in [2.24, 2.45) is 0 Å². The minimum Gasteiger partial charge on any atom is -0.469 e. The number of carbonyl (C=O) groups is 3. The van der Waals surface area contributed by atoms with Crippen LogP contribution in [0.3, 0.4) is 0 Å². The molecule has 0 aromatic heterocycles. The summed E-state index contributed by atoms with van der Waals surface area (Å²) in [6.07, 6.45) is 0.500. The molecule has 0 aliphatic carbocycles. The number of benzene rings is 2. The number of amides is 2.